The number of amides is 1. The standard InChI is InChI=1S/C20H19N5OS2/c1-3-25-18(17-10-6-12-27-17)23-24-20(25)28-13(2)19(26)22-16-9-4-8-15-14(16)7-5-11-21-15/h4-13H,3H2,1-2H3,(H,22,26). The van der Waals surface area contributed by atoms with Crippen molar-refractivity contribution in [3.05, 3.63) is 54.0 Å². The number of hydrogen-bond donors (Lipinski definition) is 1. The molecular formula is C20H19N5OS2. The summed E-state index contributed by atoms with van der Waals surface area (Å²) in [4.78, 5) is 18.2. The van der Waals surface area contributed by atoms with Gasteiger partial charge in [-0.3, -0.25) is 9.78 Å². The molecule has 0 radical (unpaired) electrons. The summed E-state index contributed by atoms with van der Waals surface area (Å²) < 4.78 is 2.04. The largest absolute Gasteiger partial charge is 0.324 e. The Labute approximate surface area is 171 Å². The molecule has 0 saturated carbocycles. The lowest BCUT2D eigenvalue weighted by Gasteiger charge is -2.13. The Balaban J connectivity index is 1.52. The van der Waals surface area contributed by atoms with E-state index >= 15 is 0 Å². The predicted molar refractivity (Wildman–Crippen MR) is 115 cm³/mol. The topological polar surface area (TPSA) is 72.7 Å². The van der Waals surface area contributed by atoms with Gasteiger partial charge in [0.1, 0.15) is 0 Å². The maximum absolute atomic E-state index is 12.8. The average Bonchev–Trinajstić information content (AvgIpc) is 3.37. The number of nitrogens with zero attached hydrogens (tertiary/aromatic N) is 4. The second-order valence-corrected chi connectivity index (χ2v) is 8.41. The van der Waals surface area contributed by atoms with Gasteiger partial charge in [0.05, 0.1) is 21.3 Å². The van der Waals surface area contributed by atoms with Crippen LogP contribution in [0, 0.1) is 0 Å². The van der Waals surface area contributed by atoms with Gasteiger partial charge in [-0.25, -0.2) is 0 Å². The summed E-state index contributed by atoms with van der Waals surface area (Å²) in [7, 11) is 0. The van der Waals surface area contributed by atoms with Crippen LogP contribution in [-0.2, 0) is 11.3 Å². The van der Waals surface area contributed by atoms with E-state index in [4.69, 9.17) is 0 Å². The molecule has 0 bridgehead atoms. The molecule has 8 heteroatoms. The number of rotatable bonds is 6. The number of nitrogens with one attached hydrogen (secondary N) is 1. The molecule has 0 aliphatic heterocycles. The SMILES string of the molecule is CCn1c(SC(C)C(=O)Nc2cccc3ncccc23)nnc1-c1cccs1. The first-order valence-corrected chi connectivity index (χ1v) is 10.7. The van der Waals surface area contributed by atoms with Crippen molar-refractivity contribution >= 4 is 45.6 Å². The maximum Gasteiger partial charge on any atom is 0.237 e. The fourth-order valence-electron chi connectivity index (χ4n) is 2.91. The van der Waals surface area contributed by atoms with E-state index in [-0.39, 0.29) is 11.2 Å². The van der Waals surface area contributed by atoms with Gasteiger partial charge in [-0.15, -0.1) is 21.5 Å². The zero-order valence-electron chi connectivity index (χ0n) is 15.5. The van der Waals surface area contributed by atoms with Crippen molar-refractivity contribution in [3.8, 4) is 10.7 Å². The molecule has 1 N–H and O–H groups in total. The first-order chi connectivity index (χ1) is 13.7. The molecule has 1 atom stereocenters. The molecule has 4 aromatic rings. The quantitative estimate of drug-likeness (QED) is 0.468. The normalized spacial score (nSPS) is 12.2. The lowest BCUT2D eigenvalue weighted by atomic mass is 10.2. The summed E-state index contributed by atoms with van der Waals surface area (Å²) >= 11 is 3.04. The number of benzene rings is 1. The highest BCUT2D eigenvalue weighted by Crippen LogP contribution is 2.30. The van der Waals surface area contributed by atoms with Crippen LogP contribution in [0.1, 0.15) is 13.8 Å². The van der Waals surface area contributed by atoms with E-state index in [2.05, 4.69) is 27.4 Å². The molecule has 0 aliphatic rings. The van der Waals surface area contributed by atoms with Crippen LogP contribution in [0.2, 0.25) is 0 Å². The molecule has 1 unspecified atom stereocenters. The third kappa shape index (κ3) is 3.65. The van der Waals surface area contributed by atoms with Crippen LogP contribution in [0.4, 0.5) is 5.69 Å². The van der Waals surface area contributed by atoms with E-state index in [9.17, 15) is 4.79 Å². The van der Waals surface area contributed by atoms with Gasteiger partial charge in [-0.1, -0.05) is 23.9 Å². The van der Waals surface area contributed by atoms with Gasteiger partial charge in [0.15, 0.2) is 11.0 Å². The lowest BCUT2D eigenvalue weighted by molar-refractivity contribution is -0.115. The number of aromatic nitrogens is 4. The van der Waals surface area contributed by atoms with Crippen LogP contribution in [0.25, 0.3) is 21.6 Å². The zero-order chi connectivity index (χ0) is 19.5. The van der Waals surface area contributed by atoms with Gasteiger partial charge in [0.2, 0.25) is 5.91 Å². The van der Waals surface area contributed by atoms with Gasteiger partial charge in [0, 0.05) is 18.1 Å². The third-order valence-corrected chi connectivity index (χ3v) is 6.28. The molecule has 3 heterocycles. The molecule has 28 heavy (non-hydrogen) atoms. The molecule has 0 aliphatic carbocycles. The zero-order valence-corrected chi connectivity index (χ0v) is 17.1. The minimum absolute atomic E-state index is 0.0790. The number of anilines is 1. The molecule has 0 spiro atoms. The van der Waals surface area contributed by atoms with Crippen LogP contribution in [-0.4, -0.2) is 30.9 Å². The van der Waals surface area contributed by atoms with Crippen molar-refractivity contribution in [1.82, 2.24) is 19.7 Å². The van der Waals surface area contributed by atoms with Crippen molar-refractivity contribution in [1.29, 1.82) is 0 Å². The Morgan fingerprint density at radius 3 is 2.89 bits per heavy atom. The highest BCUT2D eigenvalue weighted by molar-refractivity contribution is 8.00. The van der Waals surface area contributed by atoms with E-state index in [1.165, 1.54) is 11.8 Å². The second-order valence-electron chi connectivity index (χ2n) is 6.15. The van der Waals surface area contributed by atoms with Gasteiger partial charge in [0.25, 0.3) is 0 Å². The van der Waals surface area contributed by atoms with Gasteiger partial charge < -0.3 is 9.88 Å². The first-order valence-electron chi connectivity index (χ1n) is 8.95. The Morgan fingerprint density at radius 1 is 1.21 bits per heavy atom. The van der Waals surface area contributed by atoms with Crippen molar-refractivity contribution in [2.24, 2.45) is 0 Å². The van der Waals surface area contributed by atoms with Crippen LogP contribution >= 0.6 is 23.1 Å². The number of carbonyl (C=O) groups excluding carboxylic acids is 1. The highest BCUT2D eigenvalue weighted by Gasteiger charge is 2.21. The summed E-state index contributed by atoms with van der Waals surface area (Å²) in [6, 6.07) is 13.6. The first kappa shape index (κ1) is 18.6. The van der Waals surface area contributed by atoms with Crippen LogP contribution in [0.5, 0.6) is 0 Å². The Hall–Kier alpha value is -2.71. The third-order valence-electron chi connectivity index (χ3n) is 4.33. The summed E-state index contributed by atoms with van der Waals surface area (Å²) in [6.45, 7) is 4.67. The van der Waals surface area contributed by atoms with Gasteiger partial charge >= 0.3 is 0 Å². The minimum Gasteiger partial charge on any atom is -0.324 e. The summed E-state index contributed by atoms with van der Waals surface area (Å²) in [5, 5.41) is 15.0. The molecule has 1 amide bonds. The van der Waals surface area contributed by atoms with E-state index in [1.54, 1.807) is 17.5 Å². The van der Waals surface area contributed by atoms with Crippen molar-refractivity contribution < 1.29 is 4.79 Å². The van der Waals surface area contributed by atoms with Crippen LogP contribution in [0.3, 0.4) is 0 Å². The monoisotopic (exact) mass is 409 g/mol. The fourth-order valence-corrected chi connectivity index (χ4v) is 4.54. The average molecular weight is 410 g/mol. The summed E-state index contributed by atoms with van der Waals surface area (Å²) in [5.41, 5.74) is 1.62. The molecule has 142 valence electrons. The Kier molecular flexibility index (Phi) is 5.40. The van der Waals surface area contributed by atoms with Crippen LogP contribution in [0.15, 0.2) is 59.2 Å². The second kappa shape index (κ2) is 8.12. The van der Waals surface area contributed by atoms with Gasteiger partial charge in [-0.2, -0.15) is 0 Å². The fraction of sp³-hybridized carbons (Fsp3) is 0.200. The molecule has 0 fully saturated rings. The predicted octanol–water partition coefficient (Wildman–Crippen LogP) is 4.69. The molecule has 3 aromatic heterocycles. The molecule has 0 saturated heterocycles. The van der Waals surface area contributed by atoms with E-state index in [0.29, 0.717) is 0 Å². The molecule has 4 rings (SSSR count). The number of pyridine rings is 1. The van der Waals surface area contributed by atoms with E-state index < -0.39 is 0 Å². The number of thiophene rings is 1. The van der Waals surface area contributed by atoms with E-state index in [0.717, 1.165) is 39.0 Å². The molecule has 6 nitrogen and oxygen atoms in total. The smallest absolute Gasteiger partial charge is 0.237 e. The minimum atomic E-state index is -0.322. The number of carbonyl (C=O) groups is 1. The molecular weight excluding hydrogens is 390 g/mol. The van der Waals surface area contributed by atoms with Crippen molar-refractivity contribution in [2.45, 2.75) is 30.8 Å². The number of hydrogen-bond acceptors (Lipinski definition) is 6. The molecule has 1 aromatic carbocycles. The van der Waals surface area contributed by atoms with Crippen molar-refractivity contribution in [3.63, 3.8) is 0 Å². The summed E-state index contributed by atoms with van der Waals surface area (Å²) in [6.07, 6.45) is 1.75. The van der Waals surface area contributed by atoms with Crippen LogP contribution < -0.4 is 5.32 Å². The Morgan fingerprint density at radius 2 is 2.11 bits per heavy atom. The number of fused-ring (bicyclic) bond motifs is 1. The summed E-state index contributed by atoms with van der Waals surface area (Å²) in [5.74, 6) is 0.761. The maximum atomic E-state index is 12.8. The van der Waals surface area contributed by atoms with Crippen molar-refractivity contribution in [2.75, 3.05) is 5.32 Å². The number of thioether (sulfide) groups is 1. The highest BCUT2D eigenvalue weighted by atomic mass is 32.2. The lowest BCUT2D eigenvalue weighted by Crippen LogP contribution is -2.23. The Bertz CT molecular complexity index is 1100. The van der Waals surface area contributed by atoms with E-state index in [1.807, 2.05) is 59.3 Å². The van der Waals surface area contributed by atoms with Gasteiger partial charge in [-0.05, 0) is 49.6 Å².